The van der Waals surface area contributed by atoms with Gasteiger partial charge >= 0.3 is 0 Å². The lowest BCUT2D eigenvalue weighted by atomic mass is 9.71. The van der Waals surface area contributed by atoms with Crippen LogP contribution in [0.2, 0.25) is 0 Å². The molecule has 1 heterocycles. The van der Waals surface area contributed by atoms with Gasteiger partial charge in [0.05, 0.1) is 5.60 Å². The SMILES string of the molecule is OC1(Cc2cc(Br)cs2)CC2CC1C1CCCC21. The summed E-state index contributed by atoms with van der Waals surface area (Å²) in [4.78, 5) is 1.34. The van der Waals surface area contributed by atoms with E-state index in [-0.39, 0.29) is 5.60 Å². The van der Waals surface area contributed by atoms with E-state index in [2.05, 4.69) is 27.4 Å². The van der Waals surface area contributed by atoms with Crippen molar-refractivity contribution < 1.29 is 5.11 Å². The Morgan fingerprint density at radius 3 is 3.00 bits per heavy atom. The molecule has 0 aliphatic heterocycles. The van der Waals surface area contributed by atoms with Crippen molar-refractivity contribution in [1.29, 1.82) is 0 Å². The van der Waals surface area contributed by atoms with Crippen molar-refractivity contribution >= 4 is 27.3 Å². The molecule has 0 saturated heterocycles. The zero-order valence-electron chi connectivity index (χ0n) is 10.4. The average Bonchev–Trinajstić information content (AvgIpc) is 2.99. The van der Waals surface area contributed by atoms with E-state index in [0.29, 0.717) is 5.92 Å². The second-order valence-corrected chi connectivity index (χ2v) is 8.49. The van der Waals surface area contributed by atoms with E-state index < -0.39 is 0 Å². The Labute approximate surface area is 121 Å². The molecule has 0 amide bonds. The van der Waals surface area contributed by atoms with Crippen LogP contribution in [0.3, 0.4) is 0 Å². The van der Waals surface area contributed by atoms with Crippen LogP contribution in [0.15, 0.2) is 15.9 Å². The lowest BCUT2D eigenvalue weighted by Crippen LogP contribution is -2.43. The van der Waals surface area contributed by atoms with Crippen molar-refractivity contribution in [3.63, 3.8) is 0 Å². The third-order valence-electron chi connectivity index (χ3n) is 5.71. The Balaban J connectivity index is 1.58. The van der Waals surface area contributed by atoms with E-state index in [4.69, 9.17) is 0 Å². The third kappa shape index (κ3) is 1.66. The van der Waals surface area contributed by atoms with Crippen LogP contribution in [0.5, 0.6) is 0 Å². The molecule has 3 saturated carbocycles. The fourth-order valence-corrected chi connectivity index (χ4v) is 6.76. The predicted molar refractivity (Wildman–Crippen MR) is 77.7 cm³/mol. The molecule has 5 atom stereocenters. The van der Waals surface area contributed by atoms with Gasteiger partial charge in [-0.15, -0.1) is 11.3 Å². The first-order chi connectivity index (χ1) is 8.66. The monoisotopic (exact) mass is 326 g/mol. The molecular weight excluding hydrogens is 308 g/mol. The molecule has 3 fully saturated rings. The van der Waals surface area contributed by atoms with E-state index in [9.17, 15) is 5.11 Å². The van der Waals surface area contributed by atoms with Crippen LogP contribution in [0, 0.1) is 23.7 Å². The van der Waals surface area contributed by atoms with Gasteiger partial charge in [-0.2, -0.15) is 0 Å². The molecule has 5 unspecified atom stereocenters. The summed E-state index contributed by atoms with van der Waals surface area (Å²) in [5, 5.41) is 13.2. The average molecular weight is 327 g/mol. The van der Waals surface area contributed by atoms with Crippen molar-refractivity contribution in [3.05, 3.63) is 20.8 Å². The summed E-state index contributed by atoms with van der Waals surface area (Å²) in [6.07, 6.45) is 7.47. The molecule has 2 bridgehead atoms. The first-order valence-corrected chi connectivity index (χ1v) is 8.78. The zero-order chi connectivity index (χ0) is 12.3. The number of thiophene rings is 1. The molecule has 1 aromatic heterocycles. The number of aliphatic hydroxyl groups is 1. The number of hydrogen-bond acceptors (Lipinski definition) is 2. The van der Waals surface area contributed by atoms with Gasteiger partial charge in [0.1, 0.15) is 0 Å². The second kappa shape index (κ2) is 4.07. The van der Waals surface area contributed by atoms with Gasteiger partial charge in [-0.05, 0) is 71.4 Å². The molecule has 3 heteroatoms. The van der Waals surface area contributed by atoms with E-state index >= 15 is 0 Å². The van der Waals surface area contributed by atoms with Crippen LogP contribution in [0.4, 0.5) is 0 Å². The number of halogens is 1. The molecule has 0 radical (unpaired) electrons. The largest absolute Gasteiger partial charge is 0.389 e. The van der Waals surface area contributed by atoms with Crippen LogP contribution >= 0.6 is 27.3 Å². The van der Waals surface area contributed by atoms with Gasteiger partial charge in [0, 0.05) is 21.2 Å². The van der Waals surface area contributed by atoms with Gasteiger partial charge in [0.15, 0.2) is 0 Å². The van der Waals surface area contributed by atoms with Crippen molar-refractivity contribution in [1.82, 2.24) is 0 Å². The Morgan fingerprint density at radius 2 is 2.22 bits per heavy atom. The molecule has 4 rings (SSSR count). The van der Waals surface area contributed by atoms with Gasteiger partial charge in [-0.1, -0.05) is 6.42 Å². The molecule has 98 valence electrons. The van der Waals surface area contributed by atoms with Crippen molar-refractivity contribution in [3.8, 4) is 0 Å². The van der Waals surface area contributed by atoms with E-state index in [0.717, 1.165) is 35.1 Å². The number of hydrogen-bond donors (Lipinski definition) is 1. The second-order valence-electron chi connectivity index (χ2n) is 6.58. The minimum absolute atomic E-state index is 0.388. The maximum Gasteiger partial charge on any atom is 0.0729 e. The highest BCUT2D eigenvalue weighted by Crippen LogP contribution is 2.63. The van der Waals surface area contributed by atoms with Gasteiger partial charge in [0.25, 0.3) is 0 Å². The Morgan fingerprint density at radius 1 is 1.39 bits per heavy atom. The number of rotatable bonds is 2. The molecule has 0 spiro atoms. The highest BCUT2D eigenvalue weighted by atomic mass is 79.9. The molecule has 3 aliphatic rings. The summed E-state index contributed by atoms with van der Waals surface area (Å²) in [7, 11) is 0. The van der Waals surface area contributed by atoms with Crippen LogP contribution in [-0.2, 0) is 6.42 Å². The quantitative estimate of drug-likeness (QED) is 0.861. The normalized spacial score (nSPS) is 45.7. The highest BCUT2D eigenvalue weighted by Gasteiger charge is 2.60. The zero-order valence-corrected chi connectivity index (χ0v) is 12.8. The lowest BCUT2D eigenvalue weighted by Gasteiger charge is -2.38. The number of fused-ring (bicyclic) bond motifs is 5. The van der Waals surface area contributed by atoms with Gasteiger partial charge < -0.3 is 5.11 Å². The van der Waals surface area contributed by atoms with E-state index in [1.165, 1.54) is 30.6 Å². The summed E-state index contributed by atoms with van der Waals surface area (Å²) in [6, 6.07) is 2.18. The van der Waals surface area contributed by atoms with Crippen molar-refractivity contribution in [2.24, 2.45) is 23.7 Å². The van der Waals surface area contributed by atoms with Gasteiger partial charge in [-0.3, -0.25) is 0 Å². The summed E-state index contributed by atoms with van der Waals surface area (Å²) in [5.74, 6) is 3.23. The molecule has 1 nitrogen and oxygen atoms in total. The molecule has 18 heavy (non-hydrogen) atoms. The molecule has 0 aromatic carbocycles. The van der Waals surface area contributed by atoms with E-state index in [1.54, 1.807) is 11.3 Å². The summed E-state index contributed by atoms with van der Waals surface area (Å²) in [6.45, 7) is 0. The Bertz CT molecular complexity index is 471. The summed E-state index contributed by atoms with van der Waals surface area (Å²) >= 11 is 5.29. The minimum Gasteiger partial charge on any atom is -0.389 e. The molecule has 3 aliphatic carbocycles. The topological polar surface area (TPSA) is 20.2 Å². The van der Waals surface area contributed by atoms with Crippen molar-refractivity contribution in [2.75, 3.05) is 0 Å². The maximum absolute atomic E-state index is 11.1. The smallest absolute Gasteiger partial charge is 0.0729 e. The maximum atomic E-state index is 11.1. The molecule has 1 N–H and O–H groups in total. The minimum atomic E-state index is -0.388. The first kappa shape index (κ1) is 11.9. The van der Waals surface area contributed by atoms with Crippen molar-refractivity contribution in [2.45, 2.75) is 44.1 Å². The predicted octanol–water partition coefficient (Wildman–Crippen LogP) is 4.24. The van der Waals surface area contributed by atoms with Crippen LogP contribution in [0.25, 0.3) is 0 Å². The van der Waals surface area contributed by atoms with Gasteiger partial charge in [-0.25, -0.2) is 0 Å². The van der Waals surface area contributed by atoms with Crippen LogP contribution in [0.1, 0.15) is 37.0 Å². The molecule has 1 aromatic rings. The fraction of sp³-hybridized carbons (Fsp3) is 0.733. The Hall–Kier alpha value is 0.140. The first-order valence-electron chi connectivity index (χ1n) is 7.11. The standard InChI is InChI=1S/C15H19BrOS/c16-10-5-11(18-8-10)7-15(17)6-9-4-14(15)13-3-1-2-12(9)13/h5,8-9,12-14,17H,1-4,6-7H2. The van der Waals surface area contributed by atoms with E-state index in [1.807, 2.05) is 0 Å². The lowest BCUT2D eigenvalue weighted by molar-refractivity contribution is -0.0444. The Kier molecular flexibility index (Phi) is 2.69. The summed E-state index contributed by atoms with van der Waals surface area (Å²) in [5.41, 5.74) is -0.388. The fourth-order valence-electron chi connectivity index (χ4n) is 5.19. The highest BCUT2D eigenvalue weighted by molar-refractivity contribution is 9.10. The van der Waals surface area contributed by atoms with Gasteiger partial charge in [0.2, 0.25) is 0 Å². The van der Waals surface area contributed by atoms with Crippen LogP contribution in [-0.4, -0.2) is 10.7 Å². The third-order valence-corrected chi connectivity index (χ3v) is 7.41. The molecular formula is C15H19BrOS. The summed E-state index contributed by atoms with van der Waals surface area (Å²) < 4.78 is 1.16. The van der Waals surface area contributed by atoms with Crippen LogP contribution < -0.4 is 0 Å².